The summed E-state index contributed by atoms with van der Waals surface area (Å²) in [6, 6.07) is 8.37. The zero-order valence-electron chi connectivity index (χ0n) is 22.3. The first-order chi connectivity index (χ1) is 17.8. The van der Waals surface area contributed by atoms with Crippen LogP contribution in [0.3, 0.4) is 0 Å². The van der Waals surface area contributed by atoms with E-state index in [9.17, 15) is 9.59 Å². The quantitative estimate of drug-likeness (QED) is 0.245. The number of nitrogens with one attached hydrogen (secondary N) is 2. The molecule has 2 amide bonds. The normalized spacial score (nSPS) is 16.3. The number of pyridine rings is 1. The van der Waals surface area contributed by atoms with Crippen LogP contribution in [0.5, 0.6) is 0 Å². The minimum atomic E-state index is -0.673. The van der Waals surface area contributed by atoms with Gasteiger partial charge in [-0.05, 0) is 37.3 Å². The Morgan fingerprint density at radius 3 is 2.46 bits per heavy atom. The first-order valence-electron chi connectivity index (χ1n) is 13.8. The van der Waals surface area contributed by atoms with Gasteiger partial charge in [0.2, 0.25) is 11.8 Å². The van der Waals surface area contributed by atoms with E-state index in [1.54, 1.807) is 6.20 Å². The Kier molecular flexibility index (Phi) is 11.3. The van der Waals surface area contributed by atoms with Crippen molar-refractivity contribution >= 4 is 28.4 Å². The average molecular weight is 513 g/mol. The summed E-state index contributed by atoms with van der Waals surface area (Å²) in [5.74, 6) is -0.0842. The number of hydrogen-bond donors (Lipinski definition) is 5. The van der Waals surface area contributed by atoms with Crippen molar-refractivity contribution in [2.45, 2.75) is 63.5 Å². The standard InChI is InChI=1S/C28H45N7O2/c1-35(16-13-29,17-14-30)15-7-11-24(31)27(36)34-26(18-21-8-3-2-4-9-21)28(37)33-23-19-22-10-5-6-12-25(22)32-20-23/h5-6,10,12,19-21,24,26H,2-4,7-9,11,13-18,29-31H2,1H3,(H-,33,34,36,37)/p+1/t24-,26-/m0/s1. The molecule has 2 atom stereocenters. The average Bonchev–Trinajstić information content (AvgIpc) is 2.89. The summed E-state index contributed by atoms with van der Waals surface area (Å²) in [4.78, 5) is 30.8. The summed E-state index contributed by atoms with van der Waals surface area (Å²) in [7, 11) is 2.14. The number of nitrogens with two attached hydrogens (primary N) is 3. The van der Waals surface area contributed by atoms with E-state index in [1.165, 1.54) is 19.3 Å². The minimum absolute atomic E-state index is 0.224. The molecular weight excluding hydrogens is 466 g/mol. The maximum Gasteiger partial charge on any atom is 0.247 e. The number of carbonyl (C=O) groups excluding carboxylic acids is 2. The molecular formula is C28H46N7O2+. The summed E-state index contributed by atoms with van der Waals surface area (Å²) >= 11 is 0. The number of hydrogen-bond acceptors (Lipinski definition) is 6. The third-order valence-corrected chi connectivity index (χ3v) is 7.67. The van der Waals surface area contributed by atoms with Crippen LogP contribution in [0, 0.1) is 5.92 Å². The smallest absolute Gasteiger partial charge is 0.247 e. The Hall–Kier alpha value is -2.59. The van der Waals surface area contributed by atoms with Crippen LogP contribution in [0.4, 0.5) is 5.69 Å². The number of benzene rings is 1. The molecule has 2 aromatic rings. The van der Waals surface area contributed by atoms with Crippen LogP contribution in [0.1, 0.15) is 51.4 Å². The molecule has 9 nitrogen and oxygen atoms in total. The van der Waals surface area contributed by atoms with Gasteiger partial charge in [-0.1, -0.05) is 50.3 Å². The fraction of sp³-hybridized carbons (Fsp3) is 0.607. The van der Waals surface area contributed by atoms with Crippen LogP contribution in [0.25, 0.3) is 10.9 Å². The molecule has 37 heavy (non-hydrogen) atoms. The highest BCUT2D eigenvalue weighted by Gasteiger charge is 2.28. The highest BCUT2D eigenvalue weighted by Crippen LogP contribution is 2.28. The van der Waals surface area contributed by atoms with Gasteiger partial charge in [0.25, 0.3) is 0 Å². The van der Waals surface area contributed by atoms with Crippen LogP contribution >= 0.6 is 0 Å². The summed E-state index contributed by atoms with van der Waals surface area (Å²) < 4.78 is 0.772. The first-order valence-corrected chi connectivity index (χ1v) is 13.8. The molecule has 8 N–H and O–H groups in total. The highest BCUT2D eigenvalue weighted by atomic mass is 16.2. The van der Waals surface area contributed by atoms with Crippen LogP contribution in [0.2, 0.25) is 0 Å². The van der Waals surface area contributed by atoms with Crippen LogP contribution in [0.15, 0.2) is 36.5 Å². The van der Waals surface area contributed by atoms with Crippen LogP contribution in [-0.4, -0.2) is 73.1 Å². The molecule has 1 aliphatic carbocycles. The van der Waals surface area contributed by atoms with Crippen molar-refractivity contribution in [1.29, 1.82) is 0 Å². The van der Waals surface area contributed by atoms with Crippen molar-refractivity contribution < 1.29 is 14.1 Å². The Bertz CT molecular complexity index is 1000. The second kappa shape index (κ2) is 14.4. The second-order valence-corrected chi connectivity index (χ2v) is 10.8. The lowest BCUT2D eigenvalue weighted by atomic mass is 9.84. The van der Waals surface area contributed by atoms with Gasteiger partial charge in [-0.3, -0.25) is 14.6 Å². The Labute approximate surface area is 221 Å². The number of aromatic nitrogens is 1. The van der Waals surface area contributed by atoms with E-state index < -0.39 is 12.1 Å². The van der Waals surface area contributed by atoms with Crippen molar-refractivity contribution in [3.8, 4) is 0 Å². The van der Waals surface area contributed by atoms with Crippen LogP contribution in [-0.2, 0) is 9.59 Å². The number of para-hydroxylation sites is 1. The summed E-state index contributed by atoms with van der Waals surface area (Å²) in [5.41, 5.74) is 19.3. The summed E-state index contributed by atoms with van der Waals surface area (Å²) in [6.45, 7) is 3.72. The van der Waals surface area contributed by atoms with Gasteiger partial charge in [0.1, 0.15) is 6.04 Å². The Morgan fingerprint density at radius 2 is 1.76 bits per heavy atom. The maximum absolute atomic E-state index is 13.3. The van der Waals surface area contributed by atoms with Gasteiger partial charge in [-0.15, -0.1) is 0 Å². The molecule has 3 rings (SSSR count). The molecule has 0 saturated heterocycles. The van der Waals surface area contributed by atoms with Crippen molar-refractivity contribution in [3.63, 3.8) is 0 Å². The summed E-state index contributed by atoms with van der Waals surface area (Å²) in [5, 5.41) is 6.90. The highest BCUT2D eigenvalue weighted by molar-refractivity contribution is 5.98. The van der Waals surface area contributed by atoms with E-state index in [0.717, 1.165) is 54.3 Å². The van der Waals surface area contributed by atoms with E-state index in [-0.39, 0.29) is 11.8 Å². The molecule has 0 radical (unpaired) electrons. The lowest BCUT2D eigenvalue weighted by Crippen LogP contribution is -2.52. The SMILES string of the molecule is C[N+](CCN)(CCN)CCC[C@H](N)C(=O)N[C@@H](CC1CCCCC1)C(=O)Nc1cnc2ccccc2c1. The third kappa shape index (κ3) is 9.03. The fourth-order valence-corrected chi connectivity index (χ4v) is 5.42. The van der Waals surface area contributed by atoms with Gasteiger partial charge in [0.05, 0.1) is 50.1 Å². The molecule has 1 heterocycles. The number of rotatable bonds is 14. The molecule has 0 unspecified atom stereocenters. The lowest BCUT2D eigenvalue weighted by Gasteiger charge is -2.34. The molecule has 1 aliphatic rings. The Balaban J connectivity index is 1.62. The molecule has 1 aromatic carbocycles. The molecule has 204 valence electrons. The number of carbonyl (C=O) groups is 2. The lowest BCUT2D eigenvalue weighted by molar-refractivity contribution is -0.907. The van der Waals surface area contributed by atoms with E-state index in [1.807, 2.05) is 30.3 Å². The number of amides is 2. The topological polar surface area (TPSA) is 149 Å². The summed E-state index contributed by atoms with van der Waals surface area (Å²) in [6.07, 6.45) is 9.35. The van der Waals surface area contributed by atoms with Gasteiger partial charge in [-0.25, -0.2) is 0 Å². The maximum atomic E-state index is 13.3. The van der Waals surface area contributed by atoms with E-state index in [2.05, 4.69) is 22.7 Å². The largest absolute Gasteiger partial charge is 0.343 e. The predicted molar refractivity (Wildman–Crippen MR) is 150 cm³/mol. The van der Waals surface area contributed by atoms with Crippen molar-refractivity contribution in [3.05, 3.63) is 36.5 Å². The van der Waals surface area contributed by atoms with Gasteiger partial charge < -0.3 is 32.3 Å². The second-order valence-electron chi connectivity index (χ2n) is 10.8. The molecule has 1 aromatic heterocycles. The Morgan fingerprint density at radius 1 is 1.05 bits per heavy atom. The van der Waals surface area contributed by atoms with Gasteiger partial charge in [-0.2, -0.15) is 0 Å². The van der Waals surface area contributed by atoms with E-state index in [0.29, 0.717) is 37.5 Å². The van der Waals surface area contributed by atoms with Gasteiger partial charge in [0.15, 0.2) is 0 Å². The van der Waals surface area contributed by atoms with E-state index >= 15 is 0 Å². The number of nitrogens with zero attached hydrogens (tertiary/aromatic N) is 2. The van der Waals surface area contributed by atoms with Crippen molar-refractivity contribution in [2.24, 2.45) is 23.1 Å². The first kappa shape index (κ1) is 29.0. The number of quaternary nitrogens is 1. The molecule has 0 spiro atoms. The van der Waals surface area contributed by atoms with E-state index in [4.69, 9.17) is 17.2 Å². The fourth-order valence-electron chi connectivity index (χ4n) is 5.42. The minimum Gasteiger partial charge on any atom is -0.343 e. The monoisotopic (exact) mass is 512 g/mol. The number of fused-ring (bicyclic) bond motifs is 1. The number of anilines is 1. The number of likely N-dealkylation sites (N-methyl/N-ethyl adjacent to an activating group) is 1. The molecule has 1 saturated carbocycles. The third-order valence-electron chi connectivity index (χ3n) is 7.67. The van der Waals surface area contributed by atoms with Crippen molar-refractivity contribution in [1.82, 2.24) is 10.3 Å². The van der Waals surface area contributed by atoms with Gasteiger partial charge in [0, 0.05) is 18.5 Å². The molecule has 9 heteroatoms. The predicted octanol–water partition coefficient (Wildman–Crippen LogP) is 2.10. The van der Waals surface area contributed by atoms with Crippen LogP contribution < -0.4 is 27.8 Å². The zero-order valence-corrected chi connectivity index (χ0v) is 22.3. The molecule has 0 aliphatic heterocycles. The van der Waals surface area contributed by atoms with Crippen molar-refractivity contribution in [2.75, 3.05) is 45.1 Å². The van der Waals surface area contributed by atoms with Gasteiger partial charge >= 0.3 is 0 Å². The zero-order chi connectivity index (χ0) is 26.7. The molecule has 0 bridgehead atoms. The molecule has 1 fully saturated rings.